The van der Waals surface area contributed by atoms with Gasteiger partial charge in [0.25, 0.3) is 0 Å². The third-order valence-corrected chi connectivity index (χ3v) is 4.69. The molecule has 0 amide bonds. The molecule has 2 unspecified atom stereocenters. The number of likely N-dealkylation sites (tertiary alicyclic amines) is 1. The van der Waals surface area contributed by atoms with E-state index in [2.05, 4.69) is 30.9 Å². The van der Waals surface area contributed by atoms with E-state index in [1.165, 1.54) is 24.0 Å². The molecule has 0 aliphatic carbocycles. The third kappa shape index (κ3) is 3.50. The minimum atomic E-state index is 0.478. The third-order valence-electron chi connectivity index (χ3n) is 4.69. The van der Waals surface area contributed by atoms with Gasteiger partial charge in [0.2, 0.25) is 0 Å². The highest BCUT2D eigenvalue weighted by atomic mass is 16.5. The highest BCUT2D eigenvalue weighted by molar-refractivity contribution is 5.47. The Kier molecular flexibility index (Phi) is 5.48. The summed E-state index contributed by atoms with van der Waals surface area (Å²) in [6.45, 7) is 7.22. The summed E-state index contributed by atoms with van der Waals surface area (Å²) in [6.07, 6.45) is 2.54. The van der Waals surface area contributed by atoms with Crippen LogP contribution in [0.1, 0.15) is 30.9 Å². The van der Waals surface area contributed by atoms with E-state index in [0.29, 0.717) is 12.0 Å². The zero-order valence-corrected chi connectivity index (χ0v) is 13.7. The van der Waals surface area contributed by atoms with Crippen molar-refractivity contribution in [1.29, 1.82) is 0 Å². The second-order valence-corrected chi connectivity index (χ2v) is 6.03. The lowest BCUT2D eigenvalue weighted by Crippen LogP contribution is -2.48. The number of nitrogens with two attached hydrogens (primary N) is 1. The molecule has 2 rings (SSSR count). The first kappa shape index (κ1) is 16.1. The summed E-state index contributed by atoms with van der Waals surface area (Å²) >= 11 is 0. The van der Waals surface area contributed by atoms with E-state index < -0.39 is 0 Å². The lowest BCUT2D eigenvalue weighted by molar-refractivity contribution is 0.0988. The first-order valence-electron chi connectivity index (χ1n) is 7.76. The first-order chi connectivity index (χ1) is 10.1. The molecule has 0 bridgehead atoms. The molecular formula is C17H28N2O2. The molecule has 4 nitrogen and oxygen atoms in total. The largest absolute Gasteiger partial charge is 0.493 e. The van der Waals surface area contributed by atoms with Crippen LogP contribution in [0.15, 0.2) is 12.1 Å². The topological polar surface area (TPSA) is 47.7 Å². The van der Waals surface area contributed by atoms with E-state index in [4.69, 9.17) is 15.2 Å². The molecule has 1 aliphatic rings. The maximum Gasteiger partial charge on any atom is 0.161 e. The average molecular weight is 292 g/mol. The Hall–Kier alpha value is -1.26. The average Bonchev–Trinajstić information content (AvgIpc) is 2.49. The summed E-state index contributed by atoms with van der Waals surface area (Å²) in [6, 6.07) is 4.63. The molecular weight excluding hydrogens is 264 g/mol. The van der Waals surface area contributed by atoms with Gasteiger partial charge in [-0.2, -0.15) is 0 Å². The summed E-state index contributed by atoms with van der Waals surface area (Å²) < 4.78 is 10.8. The second kappa shape index (κ2) is 7.14. The van der Waals surface area contributed by atoms with E-state index in [-0.39, 0.29) is 0 Å². The van der Waals surface area contributed by atoms with E-state index in [1.54, 1.807) is 14.2 Å². The molecule has 1 fully saturated rings. The van der Waals surface area contributed by atoms with E-state index in [0.717, 1.165) is 31.1 Å². The zero-order valence-electron chi connectivity index (χ0n) is 13.7. The highest BCUT2D eigenvalue weighted by Crippen LogP contribution is 2.32. The van der Waals surface area contributed by atoms with Crippen molar-refractivity contribution in [2.24, 2.45) is 11.7 Å². The van der Waals surface area contributed by atoms with Gasteiger partial charge in [0.15, 0.2) is 11.5 Å². The fourth-order valence-electron chi connectivity index (χ4n) is 3.32. The molecule has 118 valence electrons. The van der Waals surface area contributed by atoms with Crippen LogP contribution in [0.25, 0.3) is 0 Å². The number of ether oxygens (including phenoxy) is 2. The summed E-state index contributed by atoms with van der Waals surface area (Å²) in [5.74, 6) is 2.26. The molecule has 4 heteroatoms. The van der Waals surface area contributed by atoms with Crippen molar-refractivity contribution in [2.45, 2.75) is 39.3 Å². The fourth-order valence-corrected chi connectivity index (χ4v) is 3.32. The summed E-state index contributed by atoms with van der Waals surface area (Å²) in [4.78, 5) is 2.52. The Morgan fingerprint density at radius 1 is 1.24 bits per heavy atom. The molecule has 0 aromatic heterocycles. The fraction of sp³-hybridized carbons (Fsp3) is 0.647. The standard InChI is InChI=1S/C17H28N2O2/c1-12-6-5-7-19(15(12)10-18)11-14-9-17(21-4)16(20-3)8-13(14)2/h8-9,12,15H,5-7,10-11,18H2,1-4H3. The molecule has 1 saturated heterocycles. The SMILES string of the molecule is COc1cc(C)c(CN2CCCC(C)C2CN)cc1OC. The molecule has 2 N–H and O–H groups in total. The summed E-state index contributed by atoms with van der Waals surface area (Å²) in [5.41, 5.74) is 8.52. The van der Waals surface area contributed by atoms with Gasteiger partial charge in [0.1, 0.15) is 0 Å². The van der Waals surface area contributed by atoms with Crippen molar-refractivity contribution in [3.05, 3.63) is 23.3 Å². The summed E-state index contributed by atoms with van der Waals surface area (Å²) in [7, 11) is 3.36. The van der Waals surface area contributed by atoms with Crippen molar-refractivity contribution >= 4 is 0 Å². The lowest BCUT2D eigenvalue weighted by atomic mass is 9.90. The van der Waals surface area contributed by atoms with Gasteiger partial charge in [-0.15, -0.1) is 0 Å². The molecule has 1 aromatic rings. The van der Waals surface area contributed by atoms with Crippen LogP contribution < -0.4 is 15.2 Å². The molecule has 1 aliphatic heterocycles. The molecule has 1 aromatic carbocycles. The highest BCUT2D eigenvalue weighted by Gasteiger charge is 2.27. The molecule has 2 atom stereocenters. The minimum Gasteiger partial charge on any atom is -0.493 e. The van der Waals surface area contributed by atoms with Crippen LogP contribution in [0, 0.1) is 12.8 Å². The number of benzene rings is 1. The van der Waals surface area contributed by atoms with E-state index >= 15 is 0 Å². The van der Waals surface area contributed by atoms with Crippen molar-refractivity contribution in [3.63, 3.8) is 0 Å². The molecule has 1 heterocycles. The zero-order chi connectivity index (χ0) is 15.4. The minimum absolute atomic E-state index is 0.478. The number of piperidine rings is 1. The van der Waals surface area contributed by atoms with Gasteiger partial charge in [-0.3, -0.25) is 4.90 Å². The van der Waals surface area contributed by atoms with Crippen molar-refractivity contribution in [2.75, 3.05) is 27.3 Å². The van der Waals surface area contributed by atoms with Crippen LogP contribution in [-0.4, -0.2) is 38.3 Å². The Morgan fingerprint density at radius 2 is 1.90 bits per heavy atom. The van der Waals surface area contributed by atoms with E-state index in [1.807, 2.05) is 0 Å². The number of aryl methyl sites for hydroxylation is 1. The monoisotopic (exact) mass is 292 g/mol. The molecule has 0 radical (unpaired) electrons. The molecule has 0 spiro atoms. The predicted octanol–water partition coefficient (Wildman–Crippen LogP) is 2.57. The Bertz CT molecular complexity index is 476. The quantitative estimate of drug-likeness (QED) is 0.906. The Labute approximate surface area is 128 Å². The van der Waals surface area contributed by atoms with Gasteiger partial charge in [-0.1, -0.05) is 6.92 Å². The van der Waals surface area contributed by atoms with Crippen molar-refractivity contribution < 1.29 is 9.47 Å². The van der Waals surface area contributed by atoms with E-state index in [9.17, 15) is 0 Å². The second-order valence-electron chi connectivity index (χ2n) is 6.03. The Morgan fingerprint density at radius 3 is 2.52 bits per heavy atom. The van der Waals surface area contributed by atoms with Crippen LogP contribution in [0.4, 0.5) is 0 Å². The maximum atomic E-state index is 5.99. The normalized spacial score (nSPS) is 23.1. The van der Waals surface area contributed by atoms with Gasteiger partial charge in [-0.25, -0.2) is 0 Å². The Balaban J connectivity index is 2.22. The van der Waals surface area contributed by atoms with Crippen molar-refractivity contribution in [3.8, 4) is 11.5 Å². The maximum absolute atomic E-state index is 5.99. The first-order valence-corrected chi connectivity index (χ1v) is 7.76. The molecule has 21 heavy (non-hydrogen) atoms. The summed E-state index contributed by atoms with van der Waals surface area (Å²) in [5, 5.41) is 0. The number of hydrogen-bond acceptors (Lipinski definition) is 4. The van der Waals surface area contributed by atoms with Crippen LogP contribution in [0.5, 0.6) is 11.5 Å². The number of nitrogens with zero attached hydrogens (tertiary/aromatic N) is 1. The van der Waals surface area contributed by atoms with Crippen LogP contribution >= 0.6 is 0 Å². The van der Waals surface area contributed by atoms with Gasteiger partial charge in [-0.05, 0) is 55.5 Å². The van der Waals surface area contributed by atoms with Gasteiger partial charge in [0.05, 0.1) is 14.2 Å². The van der Waals surface area contributed by atoms with Crippen LogP contribution in [0.2, 0.25) is 0 Å². The smallest absolute Gasteiger partial charge is 0.161 e. The van der Waals surface area contributed by atoms with Gasteiger partial charge >= 0.3 is 0 Å². The van der Waals surface area contributed by atoms with Gasteiger partial charge < -0.3 is 15.2 Å². The van der Waals surface area contributed by atoms with Crippen LogP contribution in [0.3, 0.4) is 0 Å². The number of hydrogen-bond donors (Lipinski definition) is 1. The van der Waals surface area contributed by atoms with Gasteiger partial charge in [0, 0.05) is 19.1 Å². The number of methoxy groups -OCH3 is 2. The lowest BCUT2D eigenvalue weighted by Gasteiger charge is -2.39. The van der Waals surface area contributed by atoms with Crippen LogP contribution in [-0.2, 0) is 6.54 Å². The predicted molar refractivity (Wildman–Crippen MR) is 85.9 cm³/mol. The molecule has 0 saturated carbocycles. The van der Waals surface area contributed by atoms with Crippen molar-refractivity contribution in [1.82, 2.24) is 4.90 Å². The number of rotatable bonds is 5.